The van der Waals surface area contributed by atoms with Gasteiger partial charge in [0.15, 0.2) is 0 Å². The van der Waals surface area contributed by atoms with Gasteiger partial charge in [0.2, 0.25) is 11.8 Å². The molecule has 0 atom stereocenters. The van der Waals surface area contributed by atoms with Crippen molar-refractivity contribution in [1.82, 2.24) is 20.5 Å². The molecule has 2 amide bonds. The number of nitrogens with zero attached hydrogens (tertiary/aromatic N) is 2. The summed E-state index contributed by atoms with van der Waals surface area (Å²) in [5.74, 6) is 0.294. The third-order valence-corrected chi connectivity index (χ3v) is 4.72. The molecule has 0 bridgehead atoms. The first kappa shape index (κ1) is 19.4. The summed E-state index contributed by atoms with van der Waals surface area (Å²) < 4.78 is 0. The predicted octanol–water partition coefficient (Wildman–Crippen LogP) is 1.57. The van der Waals surface area contributed by atoms with Gasteiger partial charge in [-0.25, -0.2) is 0 Å². The van der Waals surface area contributed by atoms with Crippen LogP contribution in [0.15, 0.2) is 24.4 Å². The van der Waals surface area contributed by atoms with Gasteiger partial charge in [0.1, 0.15) is 0 Å². The fourth-order valence-electron chi connectivity index (χ4n) is 3.19. The first-order valence-electron chi connectivity index (χ1n) is 9.16. The van der Waals surface area contributed by atoms with Crippen LogP contribution >= 0.6 is 0 Å². The quantitative estimate of drug-likeness (QED) is 0.701. The molecular weight excluding hydrogens is 316 g/mol. The minimum absolute atomic E-state index is 0.0153. The van der Waals surface area contributed by atoms with Crippen LogP contribution in [0.5, 0.6) is 0 Å². The molecule has 0 spiro atoms. The van der Waals surface area contributed by atoms with Crippen molar-refractivity contribution >= 4 is 11.8 Å². The molecule has 1 aromatic heterocycles. The smallest absolute Gasteiger partial charge is 0.223 e. The van der Waals surface area contributed by atoms with E-state index in [1.54, 1.807) is 6.20 Å². The normalized spacial score (nSPS) is 20.3. The zero-order valence-electron chi connectivity index (χ0n) is 15.3. The van der Waals surface area contributed by atoms with Crippen LogP contribution in [0.25, 0.3) is 0 Å². The first-order chi connectivity index (χ1) is 12.1. The number of aromatic nitrogens is 1. The van der Waals surface area contributed by atoms with Gasteiger partial charge in [-0.05, 0) is 64.9 Å². The molecule has 0 unspecified atom stereocenters. The second kappa shape index (κ2) is 10.1. The molecule has 138 valence electrons. The molecule has 6 nitrogen and oxygen atoms in total. The number of carbonyl (C=O) groups excluding carboxylic acids is 2. The van der Waals surface area contributed by atoms with Crippen LogP contribution in [-0.4, -0.2) is 48.9 Å². The van der Waals surface area contributed by atoms with Gasteiger partial charge in [-0.15, -0.1) is 0 Å². The first-order valence-corrected chi connectivity index (χ1v) is 9.16. The Morgan fingerprint density at radius 1 is 1.08 bits per heavy atom. The number of carbonyl (C=O) groups is 2. The Labute approximate surface area is 150 Å². The minimum Gasteiger partial charge on any atom is -0.356 e. The molecule has 0 aliphatic heterocycles. The monoisotopic (exact) mass is 346 g/mol. The Morgan fingerprint density at radius 3 is 2.28 bits per heavy atom. The molecule has 1 aliphatic carbocycles. The fraction of sp³-hybridized carbons (Fsp3) is 0.632. The molecule has 6 heteroatoms. The van der Waals surface area contributed by atoms with Gasteiger partial charge in [-0.3, -0.25) is 14.6 Å². The van der Waals surface area contributed by atoms with Crippen molar-refractivity contribution in [2.75, 3.05) is 27.2 Å². The maximum absolute atomic E-state index is 12.3. The van der Waals surface area contributed by atoms with E-state index in [1.165, 1.54) is 0 Å². The summed E-state index contributed by atoms with van der Waals surface area (Å²) in [6, 6.07) is 5.67. The van der Waals surface area contributed by atoms with Gasteiger partial charge in [0.05, 0.1) is 12.2 Å². The number of nitrogens with one attached hydrogen (secondary N) is 2. The second-order valence-electron chi connectivity index (χ2n) is 7.04. The molecule has 1 heterocycles. The standard InChI is InChI=1S/C19H30N4O2/c1-23(2)13-5-12-21-18(24)15-7-9-16(10-8-15)19(25)22-14-17-6-3-4-11-20-17/h3-4,6,11,15-16H,5,7-10,12-14H2,1-2H3,(H,21,24)(H,22,25). The Bertz CT molecular complexity index is 540. The molecule has 25 heavy (non-hydrogen) atoms. The van der Waals surface area contributed by atoms with E-state index >= 15 is 0 Å². The second-order valence-corrected chi connectivity index (χ2v) is 7.04. The van der Waals surface area contributed by atoms with Crippen LogP contribution in [0.4, 0.5) is 0 Å². The van der Waals surface area contributed by atoms with E-state index in [2.05, 4.69) is 20.5 Å². The summed E-state index contributed by atoms with van der Waals surface area (Å²) in [5, 5.41) is 5.98. The van der Waals surface area contributed by atoms with Crippen molar-refractivity contribution in [3.05, 3.63) is 30.1 Å². The van der Waals surface area contributed by atoms with Crippen molar-refractivity contribution in [2.24, 2.45) is 11.8 Å². The third kappa shape index (κ3) is 6.82. The van der Waals surface area contributed by atoms with Crippen LogP contribution in [0.2, 0.25) is 0 Å². The largest absolute Gasteiger partial charge is 0.356 e. The van der Waals surface area contributed by atoms with Gasteiger partial charge in [-0.2, -0.15) is 0 Å². The van der Waals surface area contributed by atoms with E-state index in [-0.39, 0.29) is 23.7 Å². The highest BCUT2D eigenvalue weighted by Gasteiger charge is 2.29. The van der Waals surface area contributed by atoms with Crippen LogP contribution in [-0.2, 0) is 16.1 Å². The highest BCUT2D eigenvalue weighted by molar-refractivity contribution is 5.81. The van der Waals surface area contributed by atoms with Crippen molar-refractivity contribution in [1.29, 1.82) is 0 Å². The number of hydrogen-bond acceptors (Lipinski definition) is 4. The molecule has 1 aromatic rings. The predicted molar refractivity (Wildman–Crippen MR) is 97.7 cm³/mol. The van der Waals surface area contributed by atoms with Gasteiger partial charge >= 0.3 is 0 Å². The van der Waals surface area contributed by atoms with Crippen LogP contribution in [0.3, 0.4) is 0 Å². The molecule has 1 saturated carbocycles. The number of amides is 2. The van der Waals surface area contributed by atoms with E-state index in [1.807, 2.05) is 32.3 Å². The average molecular weight is 346 g/mol. The van der Waals surface area contributed by atoms with Crippen LogP contribution in [0, 0.1) is 11.8 Å². The molecule has 0 radical (unpaired) electrons. The van der Waals surface area contributed by atoms with Crippen molar-refractivity contribution in [3.8, 4) is 0 Å². The van der Waals surface area contributed by atoms with E-state index in [0.29, 0.717) is 6.54 Å². The lowest BCUT2D eigenvalue weighted by Gasteiger charge is -2.27. The number of hydrogen-bond donors (Lipinski definition) is 2. The topological polar surface area (TPSA) is 74.3 Å². The summed E-state index contributed by atoms with van der Waals surface area (Å²) >= 11 is 0. The zero-order chi connectivity index (χ0) is 18.1. The Balaban J connectivity index is 1.64. The minimum atomic E-state index is 0.0153. The van der Waals surface area contributed by atoms with Crippen molar-refractivity contribution in [2.45, 2.75) is 38.6 Å². The lowest BCUT2D eigenvalue weighted by atomic mass is 9.81. The lowest BCUT2D eigenvalue weighted by Crippen LogP contribution is -2.38. The SMILES string of the molecule is CN(C)CCCNC(=O)C1CCC(C(=O)NCc2ccccn2)CC1. The number of pyridine rings is 1. The van der Waals surface area contributed by atoms with Crippen LogP contribution < -0.4 is 10.6 Å². The maximum atomic E-state index is 12.3. The molecule has 0 aromatic carbocycles. The highest BCUT2D eigenvalue weighted by Crippen LogP contribution is 2.29. The molecular formula is C19H30N4O2. The molecule has 0 saturated heterocycles. The van der Waals surface area contributed by atoms with Gasteiger partial charge in [-0.1, -0.05) is 6.07 Å². The zero-order valence-corrected chi connectivity index (χ0v) is 15.3. The van der Waals surface area contributed by atoms with E-state index < -0.39 is 0 Å². The van der Waals surface area contributed by atoms with Gasteiger partial charge in [0, 0.05) is 24.6 Å². The Kier molecular flexibility index (Phi) is 7.85. The van der Waals surface area contributed by atoms with E-state index in [0.717, 1.165) is 50.9 Å². The van der Waals surface area contributed by atoms with Crippen molar-refractivity contribution < 1.29 is 9.59 Å². The maximum Gasteiger partial charge on any atom is 0.223 e. The summed E-state index contributed by atoms with van der Waals surface area (Å²) in [6.07, 6.45) is 5.84. The third-order valence-electron chi connectivity index (χ3n) is 4.72. The Hall–Kier alpha value is -1.95. The van der Waals surface area contributed by atoms with E-state index in [9.17, 15) is 9.59 Å². The van der Waals surface area contributed by atoms with Gasteiger partial charge in [0.25, 0.3) is 0 Å². The molecule has 1 fully saturated rings. The number of rotatable bonds is 8. The van der Waals surface area contributed by atoms with E-state index in [4.69, 9.17) is 0 Å². The molecule has 2 rings (SSSR count). The fourth-order valence-corrected chi connectivity index (χ4v) is 3.19. The molecule has 1 aliphatic rings. The van der Waals surface area contributed by atoms with Gasteiger partial charge < -0.3 is 15.5 Å². The highest BCUT2D eigenvalue weighted by atomic mass is 16.2. The Morgan fingerprint density at radius 2 is 1.72 bits per heavy atom. The van der Waals surface area contributed by atoms with Crippen molar-refractivity contribution in [3.63, 3.8) is 0 Å². The molecule has 2 N–H and O–H groups in total. The summed E-state index contributed by atoms with van der Waals surface area (Å²) in [6.45, 7) is 2.16. The lowest BCUT2D eigenvalue weighted by molar-refractivity contribution is -0.130. The summed E-state index contributed by atoms with van der Waals surface area (Å²) in [4.78, 5) is 30.8. The average Bonchev–Trinajstić information content (AvgIpc) is 2.64. The summed E-state index contributed by atoms with van der Waals surface area (Å²) in [5.41, 5.74) is 0.863. The van der Waals surface area contributed by atoms with Crippen LogP contribution in [0.1, 0.15) is 37.8 Å². The summed E-state index contributed by atoms with van der Waals surface area (Å²) in [7, 11) is 4.06.